The minimum Gasteiger partial charge on any atom is -0.506 e. The van der Waals surface area contributed by atoms with Crippen LogP contribution < -0.4 is 5.43 Å². The van der Waals surface area contributed by atoms with Crippen LogP contribution in [0.15, 0.2) is 53.6 Å². The van der Waals surface area contributed by atoms with Gasteiger partial charge in [0.05, 0.1) is 11.2 Å². The molecule has 1 amide bonds. The number of allylic oxidation sites excluding steroid dienone is 1. The summed E-state index contributed by atoms with van der Waals surface area (Å²) in [5.74, 6) is -1.38. The van der Waals surface area contributed by atoms with Crippen molar-refractivity contribution in [3.05, 3.63) is 70.3 Å². The van der Waals surface area contributed by atoms with E-state index in [0.717, 1.165) is 11.1 Å². The molecule has 0 unspecified atom stereocenters. The molecule has 0 saturated heterocycles. The Hall–Kier alpha value is -3.12. The summed E-state index contributed by atoms with van der Waals surface area (Å²) in [4.78, 5) is 22.4. The molecule has 134 valence electrons. The maximum absolute atomic E-state index is 12.0. The fourth-order valence-corrected chi connectivity index (χ4v) is 2.23. The van der Waals surface area contributed by atoms with E-state index in [1.807, 2.05) is 30.3 Å². The molecule has 0 aromatic heterocycles. The van der Waals surface area contributed by atoms with Gasteiger partial charge in [-0.25, -0.2) is 5.43 Å². The number of hydrazone groups is 1. The summed E-state index contributed by atoms with van der Waals surface area (Å²) in [6.45, 7) is 0. The summed E-state index contributed by atoms with van der Waals surface area (Å²) in [6, 6.07) is 11.5. The standard InChI is InChI=1S/C19H17ClN2O4/c20-16-11-15(8-9-17(16)23)19(26)22-21-12-14-6-3-5-13(10-14)4-1-2-7-18(24)25/h1,3-6,8-12,23H,2,7H2,(H,22,26)(H,24,25). The largest absolute Gasteiger partial charge is 0.506 e. The molecule has 0 radical (unpaired) electrons. The van der Waals surface area contributed by atoms with E-state index < -0.39 is 11.9 Å². The van der Waals surface area contributed by atoms with Crippen LogP contribution in [0.1, 0.15) is 34.3 Å². The second-order valence-electron chi connectivity index (χ2n) is 5.37. The fraction of sp³-hybridized carbons (Fsp3) is 0.105. The molecule has 0 bridgehead atoms. The Labute approximate surface area is 155 Å². The molecular weight excluding hydrogens is 356 g/mol. The number of carbonyl (C=O) groups excluding carboxylic acids is 1. The molecule has 0 aliphatic rings. The van der Waals surface area contributed by atoms with Crippen LogP contribution in [0.2, 0.25) is 5.02 Å². The van der Waals surface area contributed by atoms with Crippen LogP contribution >= 0.6 is 11.6 Å². The fourth-order valence-electron chi connectivity index (χ4n) is 2.05. The van der Waals surface area contributed by atoms with Crippen molar-refractivity contribution < 1.29 is 19.8 Å². The van der Waals surface area contributed by atoms with Gasteiger partial charge < -0.3 is 10.2 Å². The van der Waals surface area contributed by atoms with Crippen molar-refractivity contribution in [1.29, 1.82) is 0 Å². The van der Waals surface area contributed by atoms with Gasteiger partial charge in [0.25, 0.3) is 5.91 Å². The molecule has 6 nitrogen and oxygen atoms in total. The zero-order chi connectivity index (χ0) is 18.9. The van der Waals surface area contributed by atoms with Crippen LogP contribution in [-0.2, 0) is 4.79 Å². The number of nitrogens with zero attached hydrogens (tertiary/aromatic N) is 1. The number of halogens is 1. The molecule has 0 spiro atoms. The average molecular weight is 373 g/mol. The number of amides is 1. The van der Waals surface area contributed by atoms with Crippen molar-refractivity contribution in [3.63, 3.8) is 0 Å². The lowest BCUT2D eigenvalue weighted by Gasteiger charge is -2.02. The Balaban J connectivity index is 1.95. The Morgan fingerprint density at radius 1 is 1.15 bits per heavy atom. The smallest absolute Gasteiger partial charge is 0.303 e. The Bertz CT molecular complexity index is 862. The van der Waals surface area contributed by atoms with Crippen LogP contribution in [0.4, 0.5) is 0 Å². The van der Waals surface area contributed by atoms with E-state index in [2.05, 4.69) is 10.5 Å². The number of carboxylic acids is 1. The summed E-state index contributed by atoms with van der Waals surface area (Å²) in [6.07, 6.45) is 5.66. The van der Waals surface area contributed by atoms with Gasteiger partial charge in [0.1, 0.15) is 5.75 Å². The minimum absolute atomic E-state index is 0.0871. The number of carboxylic acid groups (broad SMARTS) is 1. The van der Waals surface area contributed by atoms with Crippen molar-refractivity contribution in [2.45, 2.75) is 12.8 Å². The van der Waals surface area contributed by atoms with Crippen molar-refractivity contribution in [2.24, 2.45) is 5.10 Å². The highest BCUT2D eigenvalue weighted by atomic mass is 35.5. The molecule has 0 heterocycles. The minimum atomic E-state index is -0.832. The topological polar surface area (TPSA) is 99.0 Å². The Kier molecular flexibility index (Phi) is 6.93. The Morgan fingerprint density at radius 3 is 2.65 bits per heavy atom. The molecule has 7 heteroatoms. The van der Waals surface area contributed by atoms with Crippen LogP contribution in [0.5, 0.6) is 5.75 Å². The number of benzene rings is 2. The second-order valence-corrected chi connectivity index (χ2v) is 5.78. The molecule has 0 fully saturated rings. The molecule has 0 saturated carbocycles. The third-order valence-electron chi connectivity index (χ3n) is 3.34. The second kappa shape index (κ2) is 9.39. The summed E-state index contributed by atoms with van der Waals surface area (Å²) in [5, 5.41) is 21.9. The van der Waals surface area contributed by atoms with Crippen LogP contribution in [0.25, 0.3) is 6.08 Å². The number of nitrogens with one attached hydrogen (secondary N) is 1. The monoisotopic (exact) mass is 372 g/mol. The molecule has 26 heavy (non-hydrogen) atoms. The normalized spacial score (nSPS) is 11.1. The summed E-state index contributed by atoms with van der Waals surface area (Å²) < 4.78 is 0. The van der Waals surface area contributed by atoms with Crippen molar-refractivity contribution in [3.8, 4) is 5.75 Å². The van der Waals surface area contributed by atoms with Crippen LogP contribution in [0.3, 0.4) is 0 Å². The molecule has 2 aromatic rings. The van der Waals surface area contributed by atoms with Gasteiger partial charge in [0.15, 0.2) is 0 Å². The van der Waals surface area contributed by atoms with Crippen molar-refractivity contribution >= 4 is 35.8 Å². The highest BCUT2D eigenvalue weighted by molar-refractivity contribution is 6.32. The van der Waals surface area contributed by atoms with E-state index >= 15 is 0 Å². The molecular formula is C19H17ClN2O4. The summed E-state index contributed by atoms with van der Waals surface area (Å²) in [5.41, 5.74) is 4.33. The van der Waals surface area contributed by atoms with Gasteiger partial charge in [0.2, 0.25) is 0 Å². The summed E-state index contributed by atoms with van der Waals surface area (Å²) in [7, 11) is 0. The number of aromatic hydroxyl groups is 1. The maximum Gasteiger partial charge on any atom is 0.303 e. The van der Waals surface area contributed by atoms with Crippen LogP contribution in [-0.4, -0.2) is 28.3 Å². The first-order valence-corrected chi connectivity index (χ1v) is 8.14. The number of hydrogen-bond acceptors (Lipinski definition) is 4. The number of carbonyl (C=O) groups is 2. The van der Waals surface area contributed by atoms with E-state index in [1.165, 1.54) is 24.4 Å². The number of rotatable bonds is 7. The lowest BCUT2D eigenvalue weighted by molar-refractivity contribution is -0.136. The molecule has 0 atom stereocenters. The molecule has 3 N–H and O–H groups in total. The number of phenolic OH excluding ortho intramolecular Hbond substituents is 1. The van der Waals surface area contributed by atoms with Crippen LogP contribution in [0, 0.1) is 0 Å². The molecule has 2 rings (SSSR count). The van der Waals surface area contributed by atoms with E-state index in [4.69, 9.17) is 16.7 Å². The van der Waals surface area contributed by atoms with Gasteiger partial charge in [-0.05, 0) is 41.8 Å². The molecule has 0 aliphatic carbocycles. The van der Waals surface area contributed by atoms with E-state index in [9.17, 15) is 14.7 Å². The number of aliphatic carboxylic acids is 1. The highest BCUT2D eigenvalue weighted by Crippen LogP contribution is 2.23. The van der Waals surface area contributed by atoms with Gasteiger partial charge in [-0.2, -0.15) is 5.10 Å². The van der Waals surface area contributed by atoms with Crippen molar-refractivity contribution in [2.75, 3.05) is 0 Å². The number of hydrogen-bond donors (Lipinski definition) is 3. The quantitative estimate of drug-likeness (QED) is 0.510. The third kappa shape index (κ3) is 6.07. The van der Waals surface area contributed by atoms with Gasteiger partial charge in [0, 0.05) is 12.0 Å². The SMILES string of the molecule is O=C(O)CCC=Cc1cccc(C=NNC(=O)c2ccc(O)c(Cl)c2)c1. The van der Waals surface area contributed by atoms with E-state index in [-0.39, 0.29) is 22.8 Å². The van der Waals surface area contributed by atoms with E-state index in [0.29, 0.717) is 6.42 Å². The third-order valence-corrected chi connectivity index (χ3v) is 3.64. The molecule has 2 aromatic carbocycles. The van der Waals surface area contributed by atoms with Gasteiger partial charge >= 0.3 is 5.97 Å². The van der Waals surface area contributed by atoms with Gasteiger partial charge in [-0.1, -0.05) is 42.0 Å². The lowest BCUT2D eigenvalue weighted by atomic mass is 10.1. The highest BCUT2D eigenvalue weighted by Gasteiger charge is 2.07. The van der Waals surface area contributed by atoms with Gasteiger partial charge in [-0.3, -0.25) is 9.59 Å². The molecule has 0 aliphatic heterocycles. The number of phenols is 1. The summed E-state index contributed by atoms with van der Waals surface area (Å²) >= 11 is 5.77. The zero-order valence-electron chi connectivity index (χ0n) is 13.7. The maximum atomic E-state index is 12.0. The first kappa shape index (κ1) is 19.2. The first-order chi connectivity index (χ1) is 12.5. The predicted octanol–water partition coefficient (Wildman–Crippen LogP) is 3.69. The van der Waals surface area contributed by atoms with E-state index in [1.54, 1.807) is 6.08 Å². The first-order valence-electron chi connectivity index (χ1n) is 7.76. The lowest BCUT2D eigenvalue weighted by Crippen LogP contribution is -2.17. The van der Waals surface area contributed by atoms with Gasteiger partial charge in [-0.15, -0.1) is 0 Å². The van der Waals surface area contributed by atoms with Crippen molar-refractivity contribution in [1.82, 2.24) is 5.43 Å². The zero-order valence-corrected chi connectivity index (χ0v) is 14.5. The predicted molar refractivity (Wildman–Crippen MR) is 101 cm³/mol. The Morgan fingerprint density at radius 2 is 1.92 bits per heavy atom. The average Bonchev–Trinajstić information content (AvgIpc) is 2.61.